The fraction of sp³-hybridized carbons (Fsp3) is 0.0556. The third kappa shape index (κ3) is 2.95. The first kappa shape index (κ1) is 16.4. The first-order valence-electron chi connectivity index (χ1n) is 8.50. The Morgan fingerprint density at radius 1 is 1.11 bits per heavy atom. The summed E-state index contributed by atoms with van der Waals surface area (Å²) in [4.78, 5) is 25.1. The molecule has 0 saturated carbocycles. The van der Waals surface area contributed by atoms with Crippen LogP contribution in [0.25, 0.3) is 27.4 Å². The van der Waals surface area contributed by atoms with Gasteiger partial charge in [0.2, 0.25) is 5.95 Å². The smallest absolute Gasteiger partial charge is 0.263 e. The van der Waals surface area contributed by atoms with Crippen LogP contribution in [0.3, 0.4) is 0 Å². The number of para-hydroxylation sites is 1. The van der Waals surface area contributed by atoms with Gasteiger partial charge in [-0.2, -0.15) is 15.2 Å². The Labute approximate surface area is 162 Å². The molecule has 0 atom stereocenters. The molecule has 0 aliphatic carbocycles. The Kier molecular flexibility index (Phi) is 3.95. The minimum Gasteiger partial charge on any atom is -0.348 e. The lowest BCUT2D eigenvalue weighted by atomic mass is 10.3. The molecular weight excluding hydrogens is 376 g/mol. The third-order valence-electron chi connectivity index (χ3n) is 4.14. The van der Waals surface area contributed by atoms with Gasteiger partial charge in [0.15, 0.2) is 11.5 Å². The number of anilines is 1. The lowest BCUT2D eigenvalue weighted by Gasteiger charge is -2.05. The van der Waals surface area contributed by atoms with Crippen LogP contribution < -0.4 is 10.9 Å². The topological polar surface area (TPSA) is 117 Å². The van der Waals surface area contributed by atoms with Gasteiger partial charge >= 0.3 is 0 Å². The summed E-state index contributed by atoms with van der Waals surface area (Å²) in [6.07, 6.45) is 1.52. The molecule has 1 aromatic carbocycles. The molecule has 0 fully saturated rings. The van der Waals surface area contributed by atoms with Gasteiger partial charge in [-0.05, 0) is 23.6 Å². The Hall–Kier alpha value is -3.79. The van der Waals surface area contributed by atoms with Crippen molar-refractivity contribution in [2.45, 2.75) is 6.54 Å². The number of hydrogen-bond donors (Lipinski definition) is 3. The number of nitrogens with zero attached hydrogens (tertiary/aromatic N) is 5. The van der Waals surface area contributed by atoms with E-state index in [1.807, 2.05) is 47.8 Å². The maximum atomic E-state index is 12.4. The number of fused-ring (bicyclic) bond motifs is 1. The summed E-state index contributed by atoms with van der Waals surface area (Å²) in [5, 5.41) is 16.9. The molecule has 0 aliphatic rings. The van der Waals surface area contributed by atoms with Crippen molar-refractivity contribution >= 4 is 28.3 Å². The number of hydrogen-bond acceptors (Lipinski definition) is 7. The summed E-state index contributed by atoms with van der Waals surface area (Å²) in [5.74, 6) is 1.62. The monoisotopic (exact) mass is 390 g/mol. The number of aromatic nitrogens is 7. The maximum absolute atomic E-state index is 12.4. The van der Waals surface area contributed by atoms with Gasteiger partial charge in [0.05, 0.1) is 23.3 Å². The zero-order valence-electron chi connectivity index (χ0n) is 14.5. The van der Waals surface area contributed by atoms with Crippen LogP contribution in [0.2, 0.25) is 0 Å². The maximum Gasteiger partial charge on any atom is 0.263 e. The average Bonchev–Trinajstić information content (AvgIpc) is 3.46. The molecule has 0 unspecified atom stereocenters. The molecule has 0 bridgehead atoms. The minimum atomic E-state index is -0.258. The summed E-state index contributed by atoms with van der Waals surface area (Å²) in [6, 6.07) is 13.5. The lowest BCUT2D eigenvalue weighted by molar-refractivity contribution is 0.890. The van der Waals surface area contributed by atoms with E-state index in [2.05, 4.69) is 35.6 Å². The zero-order chi connectivity index (χ0) is 18.9. The Balaban J connectivity index is 1.43. The van der Waals surface area contributed by atoms with E-state index in [0.717, 1.165) is 10.6 Å². The number of H-pyrrole nitrogens is 2. The quantitative estimate of drug-likeness (QED) is 0.425. The van der Waals surface area contributed by atoms with E-state index in [4.69, 9.17) is 0 Å². The van der Waals surface area contributed by atoms with E-state index in [9.17, 15) is 4.79 Å². The second-order valence-electron chi connectivity index (χ2n) is 5.98. The molecule has 3 N–H and O–H groups in total. The number of benzene rings is 1. The van der Waals surface area contributed by atoms with Crippen molar-refractivity contribution in [2.75, 3.05) is 5.32 Å². The van der Waals surface area contributed by atoms with Crippen molar-refractivity contribution in [2.24, 2.45) is 0 Å². The highest BCUT2D eigenvalue weighted by Gasteiger charge is 2.12. The molecule has 0 aliphatic heterocycles. The van der Waals surface area contributed by atoms with Crippen LogP contribution in [0.1, 0.15) is 5.82 Å². The van der Waals surface area contributed by atoms with Crippen LogP contribution in [-0.4, -0.2) is 34.9 Å². The normalized spacial score (nSPS) is 11.1. The highest BCUT2D eigenvalue weighted by atomic mass is 32.1. The Bertz CT molecular complexity index is 1290. The Morgan fingerprint density at radius 3 is 2.82 bits per heavy atom. The lowest BCUT2D eigenvalue weighted by Crippen LogP contribution is -2.14. The van der Waals surface area contributed by atoms with Gasteiger partial charge in [-0.15, -0.1) is 11.3 Å². The van der Waals surface area contributed by atoms with Crippen LogP contribution in [0, 0.1) is 0 Å². The molecule has 5 aromatic rings. The second-order valence-corrected chi connectivity index (χ2v) is 6.93. The van der Waals surface area contributed by atoms with Gasteiger partial charge in [0.1, 0.15) is 11.2 Å². The molecule has 0 amide bonds. The first-order chi connectivity index (χ1) is 13.8. The van der Waals surface area contributed by atoms with E-state index in [1.165, 1.54) is 6.20 Å². The summed E-state index contributed by atoms with van der Waals surface area (Å²) in [6.45, 7) is 0.340. The van der Waals surface area contributed by atoms with Gasteiger partial charge in [-0.1, -0.05) is 24.3 Å². The molecule has 0 saturated heterocycles. The van der Waals surface area contributed by atoms with Gasteiger partial charge in [-0.25, -0.2) is 9.67 Å². The second kappa shape index (κ2) is 6.74. The molecule has 10 heteroatoms. The summed E-state index contributed by atoms with van der Waals surface area (Å²) < 4.78 is 1.64. The highest BCUT2D eigenvalue weighted by Crippen LogP contribution is 2.20. The standard InChI is InChI=1S/C18H14N8OS/c27-17-12-9-20-26(11-5-2-1-3-6-11)16(12)22-18(23-17)19-10-14-21-15(25-24-14)13-7-4-8-28-13/h1-9H,10H2,(H,21,24,25)(H2,19,22,23,27). The van der Waals surface area contributed by atoms with Gasteiger partial charge < -0.3 is 5.32 Å². The molecular formula is C18H14N8OS. The SMILES string of the molecule is O=c1[nH]c(NCc2nc(-c3cccs3)n[nH]2)nc2c1cnn2-c1ccccc1. The number of nitrogens with one attached hydrogen (secondary N) is 3. The average molecular weight is 390 g/mol. The molecule has 5 rings (SSSR count). The third-order valence-corrected chi connectivity index (χ3v) is 5.00. The zero-order valence-corrected chi connectivity index (χ0v) is 15.3. The predicted octanol–water partition coefficient (Wildman–Crippen LogP) is 2.57. The van der Waals surface area contributed by atoms with Crippen LogP contribution in [0.15, 0.2) is 58.8 Å². The molecule has 28 heavy (non-hydrogen) atoms. The molecule has 9 nitrogen and oxygen atoms in total. The molecule has 0 radical (unpaired) electrons. The van der Waals surface area contributed by atoms with E-state index in [0.29, 0.717) is 35.2 Å². The van der Waals surface area contributed by atoms with Crippen LogP contribution >= 0.6 is 11.3 Å². The first-order valence-corrected chi connectivity index (χ1v) is 9.38. The minimum absolute atomic E-state index is 0.258. The highest BCUT2D eigenvalue weighted by molar-refractivity contribution is 7.13. The number of aromatic amines is 2. The van der Waals surface area contributed by atoms with Crippen molar-refractivity contribution in [1.82, 2.24) is 34.9 Å². The van der Waals surface area contributed by atoms with Crippen molar-refractivity contribution in [3.8, 4) is 16.4 Å². The van der Waals surface area contributed by atoms with E-state index in [-0.39, 0.29) is 5.56 Å². The van der Waals surface area contributed by atoms with Gasteiger partial charge in [0.25, 0.3) is 5.56 Å². The number of rotatable bonds is 5. The summed E-state index contributed by atoms with van der Waals surface area (Å²) in [7, 11) is 0. The molecule has 138 valence electrons. The van der Waals surface area contributed by atoms with Crippen LogP contribution in [-0.2, 0) is 6.54 Å². The van der Waals surface area contributed by atoms with E-state index < -0.39 is 0 Å². The summed E-state index contributed by atoms with van der Waals surface area (Å²) >= 11 is 1.57. The van der Waals surface area contributed by atoms with E-state index >= 15 is 0 Å². The van der Waals surface area contributed by atoms with Crippen molar-refractivity contribution < 1.29 is 0 Å². The van der Waals surface area contributed by atoms with Crippen LogP contribution in [0.5, 0.6) is 0 Å². The number of thiophene rings is 1. The van der Waals surface area contributed by atoms with Crippen molar-refractivity contribution in [3.63, 3.8) is 0 Å². The predicted molar refractivity (Wildman–Crippen MR) is 107 cm³/mol. The molecule has 4 heterocycles. The Morgan fingerprint density at radius 2 is 2.00 bits per heavy atom. The fourth-order valence-electron chi connectivity index (χ4n) is 2.82. The summed E-state index contributed by atoms with van der Waals surface area (Å²) in [5.41, 5.74) is 1.05. The molecule has 4 aromatic heterocycles. The van der Waals surface area contributed by atoms with E-state index in [1.54, 1.807) is 16.0 Å². The van der Waals surface area contributed by atoms with Gasteiger partial charge in [-0.3, -0.25) is 14.9 Å². The fourth-order valence-corrected chi connectivity index (χ4v) is 3.48. The molecule has 0 spiro atoms. The largest absolute Gasteiger partial charge is 0.348 e. The van der Waals surface area contributed by atoms with Crippen molar-refractivity contribution in [3.05, 3.63) is 70.2 Å². The van der Waals surface area contributed by atoms with Crippen LogP contribution in [0.4, 0.5) is 5.95 Å². The van der Waals surface area contributed by atoms with Crippen molar-refractivity contribution in [1.29, 1.82) is 0 Å². The van der Waals surface area contributed by atoms with Gasteiger partial charge in [0, 0.05) is 0 Å².